The van der Waals surface area contributed by atoms with E-state index in [0.717, 1.165) is 0 Å². The molecule has 0 aliphatic carbocycles. The van der Waals surface area contributed by atoms with E-state index in [1.807, 2.05) is 0 Å². The minimum Gasteiger partial charge on any atom is -0.477 e. The Balaban J connectivity index is 3.39. The van der Waals surface area contributed by atoms with Crippen LogP contribution in [0, 0.1) is 13.8 Å². The molecule has 5 heteroatoms. The Kier molecular flexibility index (Phi) is 2.10. The van der Waals surface area contributed by atoms with Gasteiger partial charge in [-0.1, -0.05) is 0 Å². The van der Waals surface area contributed by atoms with Gasteiger partial charge in [0.05, 0.1) is 5.56 Å². The van der Waals surface area contributed by atoms with Gasteiger partial charge in [-0.3, -0.25) is 4.79 Å². The van der Waals surface area contributed by atoms with Gasteiger partial charge in [-0.15, -0.1) is 0 Å². The first-order chi connectivity index (χ1) is 5.95. The number of aryl methyl sites for hydroxylation is 1. The van der Waals surface area contributed by atoms with Crippen molar-refractivity contribution in [1.29, 1.82) is 0 Å². The van der Waals surface area contributed by atoms with Gasteiger partial charge < -0.3 is 15.8 Å². The van der Waals surface area contributed by atoms with Crippen LogP contribution in [0.2, 0.25) is 0 Å². The van der Waals surface area contributed by atoms with Crippen molar-refractivity contribution < 1.29 is 14.7 Å². The van der Waals surface area contributed by atoms with E-state index in [1.54, 1.807) is 13.8 Å². The van der Waals surface area contributed by atoms with Gasteiger partial charge in [0.1, 0.15) is 5.69 Å². The highest BCUT2D eigenvalue weighted by atomic mass is 16.4. The van der Waals surface area contributed by atoms with Crippen LogP contribution >= 0.6 is 0 Å². The molecule has 4 N–H and O–H groups in total. The summed E-state index contributed by atoms with van der Waals surface area (Å²) in [5.74, 6) is -1.70. The van der Waals surface area contributed by atoms with Crippen molar-refractivity contribution in [3.8, 4) is 0 Å². The minimum atomic E-state index is -1.09. The summed E-state index contributed by atoms with van der Waals surface area (Å²) in [6.07, 6.45) is 0. The first-order valence-corrected chi connectivity index (χ1v) is 3.67. The highest BCUT2D eigenvalue weighted by Crippen LogP contribution is 2.16. The highest BCUT2D eigenvalue weighted by Gasteiger charge is 2.19. The maximum atomic E-state index is 10.9. The monoisotopic (exact) mass is 182 g/mol. The van der Waals surface area contributed by atoms with Gasteiger partial charge in [0.15, 0.2) is 0 Å². The number of carbonyl (C=O) groups is 2. The number of aromatic amines is 1. The van der Waals surface area contributed by atoms with Crippen molar-refractivity contribution >= 4 is 11.9 Å². The van der Waals surface area contributed by atoms with E-state index in [0.29, 0.717) is 11.3 Å². The fourth-order valence-electron chi connectivity index (χ4n) is 1.33. The van der Waals surface area contributed by atoms with Gasteiger partial charge in [0.25, 0.3) is 5.91 Å². The Morgan fingerprint density at radius 2 is 1.92 bits per heavy atom. The van der Waals surface area contributed by atoms with Crippen molar-refractivity contribution in [2.75, 3.05) is 0 Å². The third-order valence-corrected chi connectivity index (χ3v) is 1.90. The van der Waals surface area contributed by atoms with Crippen LogP contribution in [0.4, 0.5) is 0 Å². The molecular weight excluding hydrogens is 172 g/mol. The highest BCUT2D eigenvalue weighted by molar-refractivity contribution is 5.99. The molecule has 0 aliphatic rings. The van der Waals surface area contributed by atoms with E-state index in [1.165, 1.54) is 0 Å². The number of carboxylic acid groups (broad SMARTS) is 1. The number of rotatable bonds is 2. The van der Waals surface area contributed by atoms with Crippen LogP contribution in [0.1, 0.15) is 32.1 Å². The summed E-state index contributed by atoms with van der Waals surface area (Å²) < 4.78 is 0. The van der Waals surface area contributed by atoms with Crippen LogP contribution in [0.3, 0.4) is 0 Å². The molecule has 0 unspecified atom stereocenters. The molecule has 0 atom stereocenters. The summed E-state index contributed by atoms with van der Waals surface area (Å²) >= 11 is 0. The predicted molar refractivity (Wildman–Crippen MR) is 45.7 cm³/mol. The molecule has 0 spiro atoms. The van der Waals surface area contributed by atoms with Gasteiger partial charge in [0, 0.05) is 5.69 Å². The molecular formula is C8H10N2O3. The molecule has 0 fully saturated rings. The maximum absolute atomic E-state index is 10.9. The number of amides is 1. The lowest BCUT2D eigenvalue weighted by molar-refractivity contribution is 0.0690. The van der Waals surface area contributed by atoms with Crippen LogP contribution in [0.5, 0.6) is 0 Å². The van der Waals surface area contributed by atoms with E-state index in [-0.39, 0.29) is 11.3 Å². The van der Waals surface area contributed by atoms with Crippen LogP contribution in [-0.2, 0) is 0 Å². The number of nitrogens with two attached hydrogens (primary N) is 1. The first kappa shape index (κ1) is 9.31. The lowest BCUT2D eigenvalue weighted by atomic mass is 10.1. The van der Waals surface area contributed by atoms with Crippen molar-refractivity contribution in [2.24, 2.45) is 5.73 Å². The molecule has 5 nitrogen and oxygen atoms in total. The molecule has 0 aliphatic heterocycles. The van der Waals surface area contributed by atoms with Gasteiger partial charge in [-0.25, -0.2) is 4.79 Å². The lowest BCUT2D eigenvalue weighted by Crippen LogP contribution is -2.13. The van der Waals surface area contributed by atoms with Gasteiger partial charge >= 0.3 is 5.97 Å². The summed E-state index contributed by atoms with van der Waals surface area (Å²) in [4.78, 5) is 24.1. The average Bonchev–Trinajstić information content (AvgIpc) is 2.26. The Hall–Kier alpha value is -1.78. The molecule has 0 saturated carbocycles. The summed E-state index contributed by atoms with van der Waals surface area (Å²) in [5, 5.41) is 8.70. The molecule has 0 bridgehead atoms. The molecule has 1 aromatic rings. The molecule has 1 heterocycles. The van der Waals surface area contributed by atoms with Crippen LogP contribution in [0.25, 0.3) is 0 Å². The molecule has 1 amide bonds. The SMILES string of the molecule is Cc1[nH]c(C(=O)O)c(C)c1C(N)=O. The fourth-order valence-corrected chi connectivity index (χ4v) is 1.33. The third kappa shape index (κ3) is 1.40. The standard InChI is InChI=1S/C8H10N2O3/c1-3-5(7(9)11)4(2)10-6(3)8(12)13/h10H,1-2H3,(H2,9,11)(H,12,13). The number of carboxylic acids is 1. The second kappa shape index (κ2) is 2.93. The molecule has 0 aromatic carbocycles. The number of nitrogens with one attached hydrogen (secondary N) is 1. The number of primary amides is 1. The summed E-state index contributed by atoms with van der Waals surface area (Å²) in [5.41, 5.74) is 6.23. The minimum absolute atomic E-state index is 0.0197. The van der Waals surface area contributed by atoms with Gasteiger partial charge in [0.2, 0.25) is 0 Å². The molecule has 0 saturated heterocycles. The Bertz CT molecular complexity index is 379. The first-order valence-electron chi connectivity index (χ1n) is 3.67. The normalized spacial score (nSPS) is 10.0. The number of aromatic nitrogens is 1. The van der Waals surface area contributed by atoms with E-state index in [2.05, 4.69) is 4.98 Å². The summed E-state index contributed by atoms with van der Waals surface area (Å²) in [7, 11) is 0. The number of H-pyrrole nitrogens is 1. The average molecular weight is 182 g/mol. The van der Waals surface area contributed by atoms with Gasteiger partial charge in [-0.05, 0) is 19.4 Å². The van der Waals surface area contributed by atoms with Crippen molar-refractivity contribution in [3.63, 3.8) is 0 Å². The molecule has 1 rings (SSSR count). The van der Waals surface area contributed by atoms with E-state index in [4.69, 9.17) is 10.8 Å². The van der Waals surface area contributed by atoms with E-state index >= 15 is 0 Å². The zero-order valence-electron chi connectivity index (χ0n) is 7.34. The van der Waals surface area contributed by atoms with Crippen molar-refractivity contribution in [3.05, 3.63) is 22.5 Å². The molecule has 0 radical (unpaired) electrons. The Labute approximate surface area is 74.6 Å². The summed E-state index contributed by atoms with van der Waals surface area (Å²) in [6, 6.07) is 0. The fraction of sp³-hybridized carbons (Fsp3) is 0.250. The summed E-state index contributed by atoms with van der Waals surface area (Å²) in [6.45, 7) is 3.16. The number of aromatic carboxylic acids is 1. The molecule has 13 heavy (non-hydrogen) atoms. The van der Waals surface area contributed by atoms with Crippen molar-refractivity contribution in [2.45, 2.75) is 13.8 Å². The van der Waals surface area contributed by atoms with E-state index < -0.39 is 11.9 Å². The smallest absolute Gasteiger partial charge is 0.352 e. The lowest BCUT2D eigenvalue weighted by Gasteiger charge is -1.94. The topological polar surface area (TPSA) is 96.2 Å². The van der Waals surface area contributed by atoms with E-state index in [9.17, 15) is 9.59 Å². The third-order valence-electron chi connectivity index (χ3n) is 1.90. The van der Waals surface area contributed by atoms with Crippen molar-refractivity contribution in [1.82, 2.24) is 4.98 Å². The Morgan fingerprint density at radius 1 is 1.38 bits per heavy atom. The predicted octanol–water partition coefficient (Wildman–Crippen LogP) is 0.429. The largest absolute Gasteiger partial charge is 0.477 e. The van der Waals surface area contributed by atoms with Gasteiger partial charge in [-0.2, -0.15) is 0 Å². The Morgan fingerprint density at radius 3 is 2.15 bits per heavy atom. The number of hydrogen-bond acceptors (Lipinski definition) is 2. The second-order valence-electron chi connectivity index (χ2n) is 2.79. The van der Waals surface area contributed by atoms with Crippen LogP contribution in [0.15, 0.2) is 0 Å². The molecule has 1 aromatic heterocycles. The zero-order valence-corrected chi connectivity index (χ0v) is 7.34. The molecule has 70 valence electrons. The second-order valence-corrected chi connectivity index (χ2v) is 2.79. The number of carbonyl (C=O) groups excluding carboxylic acids is 1. The number of hydrogen-bond donors (Lipinski definition) is 3. The zero-order chi connectivity index (χ0) is 10.2. The van der Waals surface area contributed by atoms with Crippen LogP contribution < -0.4 is 5.73 Å². The quantitative estimate of drug-likeness (QED) is 0.618. The van der Waals surface area contributed by atoms with Crippen LogP contribution in [-0.4, -0.2) is 22.0 Å². The maximum Gasteiger partial charge on any atom is 0.352 e.